The van der Waals surface area contributed by atoms with E-state index >= 15 is 0 Å². The summed E-state index contributed by atoms with van der Waals surface area (Å²) in [6, 6.07) is 0.181. The molecular formula is C8H13N3OS. The van der Waals surface area contributed by atoms with E-state index in [1.165, 1.54) is 24.3 Å². The SMILES string of the molecule is Nc1nnc(CC2CCSCC2)o1. The predicted molar refractivity (Wildman–Crippen MR) is 52.5 cm³/mol. The summed E-state index contributed by atoms with van der Waals surface area (Å²) in [4.78, 5) is 0. The van der Waals surface area contributed by atoms with Crippen LogP contribution >= 0.6 is 11.8 Å². The molecule has 13 heavy (non-hydrogen) atoms. The second-order valence-electron chi connectivity index (χ2n) is 3.29. The Morgan fingerprint density at radius 1 is 1.38 bits per heavy atom. The lowest BCUT2D eigenvalue weighted by atomic mass is 9.99. The number of rotatable bonds is 2. The Kier molecular flexibility index (Phi) is 2.73. The Balaban J connectivity index is 1.89. The van der Waals surface area contributed by atoms with Crippen LogP contribution < -0.4 is 5.73 Å². The molecule has 0 radical (unpaired) electrons. The van der Waals surface area contributed by atoms with Gasteiger partial charge in [-0.3, -0.25) is 0 Å². The number of hydrogen-bond acceptors (Lipinski definition) is 5. The molecule has 0 saturated carbocycles. The van der Waals surface area contributed by atoms with Gasteiger partial charge in [-0.05, 0) is 30.3 Å². The summed E-state index contributed by atoms with van der Waals surface area (Å²) < 4.78 is 5.13. The molecule has 0 atom stereocenters. The molecule has 4 nitrogen and oxygen atoms in total. The van der Waals surface area contributed by atoms with Crippen LogP contribution in [-0.2, 0) is 6.42 Å². The fourth-order valence-electron chi connectivity index (χ4n) is 1.55. The fraction of sp³-hybridized carbons (Fsp3) is 0.750. The highest BCUT2D eigenvalue weighted by molar-refractivity contribution is 7.99. The Morgan fingerprint density at radius 2 is 2.15 bits per heavy atom. The van der Waals surface area contributed by atoms with Crippen molar-refractivity contribution in [2.75, 3.05) is 17.2 Å². The monoisotopic (exact) mass is 199 g/mol. The number of thioether (sulfide) groups is 1. The minimum absolute atomic E-state index is 0.181. The van der Waals surface area contributed by atoms with Crippen LogP contribution in [0, 0.1) is 5.92 Å². The quantitative estimate of drug-likeness (QED) is 0.778. The summed E-state index contributed by atoms with van der Waals surface area (Å²) in [6.07, 6.45) is 3.41. The van der Waals surface area contributed by atoms with Crippen molar-refractivity contribution in [2.45, 2.75) is 19.3 Å². The molecule has 1 fully saturated rings. The zero-order valence-corrected chi connectivity index (χ0v) is 8.22. The van der Waals surface area contributed by atoms with Crippen molar-refractivity contribution in [3.63, 3.8) is 0 Å². The van der Waals surface area contributed by atoms with Crippen LogP contribution in [0.25, 0.3) is 0 Å². The minimum atomic E-state index is 0.181. The smallest absolute Gasteiger partial charge is 0.312 e. The van der Waals surface area contributed by atoms with Gasteiger partial charge in [0.2, 0.25) is 5.89 Å². The molecule has 1 aromatic heterocycles. The van der Waals surface area contributed by atoms with Crippen LogP contribution in [0.2, 0.25) is 0 Å². The van der Waals surface area contributed by atoms with Gasteiger partial charge in [-0.2, -0.15) is 11.8 Å². The van der Waals surface area contributed by atoms with Gasteiger partial charge in [-0.1, -0.05) is 5.10 Å². The Labute approximate surface area is 81.3 Å². The van der Waals surface area contributed by atoms with Crippen LogP contribution in [0.4, 0.5) is 6.01 Å². The van der Waals surface area contributed by atoms with Gasteiger partial charge in [0.1, 0.15) is 0 Å². The summed E-state index contributed by atoms with van der Waals surface area (Å²) in [5.74, 6) is 3.92. The van der Waals surface area contributed by atoms with Crippen LogP contribution in [0.15, 0.2) is 4.42 Å². The van der Waals surface area contributed by atoms with Gasteiger partial charge >= 0.3 is 6.01 Å². The maximum absolute atomic E-state index is 5.34. The first kappa shape index (κ1) is 8.87. The third-order valence-corrected chi connectivity index (χ3v) is 3.34. The van der Waals surface area contributed by atoms with E-state index in [0.29, 0.717) is 11.8 Å². The number of nitrogen functional groups attached to an aromatic ring is 1. The van der Waals surface area contributed by atoms with Crippen molar-refractivity contribution in [3.8, 4) is 0 Å². The molecule has 1 saturated heterocycles. The van der Waals surface area contributed by atoms with Crippen LogP contribution in [0.5, 0.6) is 0 Å². The highest BCUT2D eigenvalue weighted by atomic mass is 32.2. The van der Waals surface area contributed by atoms with Gasteiger partial charge in [-0.25, -0.2) is 0 Å². The second kappa shape index (κ2) is 4.00. The first-order valence-electron chi connectivity index (χ1n) is 4.50. The van der Waals surface area contributed by atoms with Gasteiger partial charge in [0, 0.05) is 6.42 Å². The number of nitrogens with two attached hydrogens (primary N) is 1. The van der Waals surface area contributed by atoms with Crippen molar-refractivity contribution < 1.29 is 4.42 Å². The molecule has 5 heteroatoms. The summed E-state index contributed by atoms with van der Waals surface area (Å²) in [5.41, 5.74) is 5.34. The summed E-state index contributed by atoms with van der Waals surface area (Å²) in [7, 11) is 0. The molecule has 0 bridgehead atoms. The van der Waals surface area contributed by atoms with E-state index in [1.54, 1.807) is 0 Å². The lowest BCUT2D eigenvalue weighted by Crippen LogP contribution is -2.12. The molecule has 0 spiro atoms. The van der Waals surface area contributed by atoms with E-state index in [9.17, 15) is 0 Å². The van der Waals surface area contributed by atoms with Crippen molar-refractivity contribution in [1.82, 2.24) is 10.2 Å². The van der Waals surface area contributed by atoms with Gasteiger partial charge in [0.05, 0.1) is 0 Å². The lowest BCUT2D eigenvalue weighted by Gasteiger charge is -2.19. The van der Waals surface area contributed by atoms with Crippen molar-refractivity contribution in [1.29, 1.82) is 0 Å². The van der Waals surface area contributed by atoms with Gasteiger partial charge < -0.3 is 10.2 Å². The molecule has 0 aliphatic carbocycles. The molecule has 1 aliphatic heterocycles. The molecule has 2 heterocycles. The molecule has 0 amide bonds. The predicted octanol–water partition coefficient (Wildman–Crippen LogP) is 1.34. The third-order valence-electron chi connectivity index (χ3n) is 2.29. The molecule has 0 unspecified atom stereocenters. The molecule has 1 aromatic rings. The van der Waals surface area contributed by atoms with Crippen LogP contribution in [0.3, 0.4) is 0 Å². The average Bonchev–Trinajstić information content (AvgIpc) is 2.53. The standard InChI is InChI=1S/C8H13N3OS/c9-8-11-10-7(12-8)5-6-1-3-13-4-2-6/h6H,1-5H2,(H2,9,11). The van der Waals surface area contributed by atoms with E-state index in [4.69, 9.17) is 10.2 Å². The average molecular weight is 199 g/mol. The molecule has 1 aliphatic rings. The highest BCUT2D eigenvalue weighted by Gasteiger charge is 2.16. The maximum atomic E-state index is 5.34. The molecular weight excluding hydrogens is 186 g/mol. The Bertz CT molecular complexity index is 270. The van der Waals surface area contributed by atoms with Gasteiger partial charge in [0.25, 0.3) is 0 Å². The first-order chi connectivity index (χ1) is 6.34. The Hall–Kier alpha value is -0.710. The zero-order valence-electron chi connectivity index (χ0n) is 7.40. The van der Waals surface area contributed by atoms with Gasteiger partial charge in [0.15, 0.2) is 0 Å². The largest absolute Gasteiger partial charge is 0.408 e. The normalized spacial score (nSPS) is 19.1. The van der Waals surface area contributed by atoms with E-state index < -0.39 is 0 Å². The topological polar surface area (TPSA) is 64.9 Å². The number of hydrogen-bond donors (Lipinski definition) is 1. The first-order valence-corrected chi connectivity index (χ1v) is 5.65. The molecule has 0 aromatic carbocycles. The molecule has 2 rings (SSSR count). The zero-order chi connectivity index (χ0) is 9.10. The van der Waals surface area contributed by atoms with Crippen LogP contribution in [0.1, 0.15) is 18.7 Å². The lowest BCUT2D eigenvalue weighted by molar-refractivity contribution is 0.414. The Morgan fingerprint density at radius 3 is 2.77 bits per heavy atom. The van der Waals surface area contributed by atoms with Crippen molar-refractivity contribution >= 4 is 17.8 Å². The van der Waals surface area contributed by atoms with Gasteiger partial charge in [-0.15, -0.1) is 5.10 Å². The molecule has 72 valence electrons. The summed E-state index contributed by atoms with van der Waals surface area (Å²) in [5, 5.41) is 7.50. The van der Waals surface area contributed by atoms with E-state index in [1.807, 2.05) is 11.8 Å². The van der Waals surface area contributed by atoms with Crippen LogP contribution in [-0.4, -0.2) is 21.7 Å². The number of aromatic nitrogens is 2. The maximum Gasteiger partial charge on any atom is 0.312 e. The summed E-state index contributed by atoms with van der Waals surface area (Å²) in [6.45, 7) is 0. The van der Waals surface area contributed by atoms with Crippen molar-refractivity contribution in [2.24, 2.45) is 5.92 Å². The van der Waals surface area contributed by atoms with E-state index in [2.05, 4.69) is 10.2 Å². The second-order valence-corrected chi connectivity index (χ2v) is 4.52. The van der Waals surface area contributed by atoms with E-state index in [0.717, 1.165) is 6.42 Å². The molecule has 2 N–H and O–H groups in total. The fourth-order valence-corrected chi connectivity index (χ4v) is 2.75. The highest BCUT2D eigenvalue weighted by Crippen LogP contribution is 2.25. The third kappa shape index (κ3) is 2.37. The number of nitrogens with zero attached hydrogens (tertiary/aromatic N) is 2. The van der Waals surface area contributed by atoms with E-state index in [-0.39, 0.29) is 6.01 Å². The number of anilines is 1. The summed E-state index contributed by atoms with van der Waals surface area (Å²) >= 11 is 2.02. The van der Waals surface area contributed by atoms with Crippen molar-refractivity contribution in [3.05, 3.63) is 5.89 Å². The minimum Gasteiger partial charge on any atom is -0.408 e.